The highest BCUT2D eigenvalue weighted by Gasteiger charge is 2.70. The Kier molecular flexibility index (Phi) is 6.71. The van der Waals surface area contributed by atoms with Crippen LogP contribution in [0.2, 0.25) is 0 Å². The molecule has 0 amide bonds. The van der Waals surface area contributed by atoms with E-state index < -0.39 is 19.6 Å². The molecule has 0 bridgehead atoms. The van der Waals surface area contributed by atoms with Crippen molar-refractivity contribution in [3.8, 4) is 33.8 Å². The Bertz CT molecular complexity index is 2060. The highest BCUT2D eigenvalue weighted by atomic mass is 32.1. The van der Waals surface area contributed by atoms with Gasteiger partial charge in [-0.1, -0.05) is 97.1 Å². The number of rotatable bonds is 4. The van der Waals surface area contributed by atoms with Gasteiger partial charge in [-0.15, -0.1) is 25.3 Å². The molecule has 2 aliphatic rings. The Hall–Kier alpha value is -3.92. The largest absolute Gasteiger partial charge is 0.438 e. The Morgan fingerprint density at radius 1 is 0.422 bits per heavy atom. The molecule has 0 radical (unpaired) electrons. The molecular formula is C37H26O4P2S2. The lowest BCUT2D eigenvalue weighted by Crippen LogP contribution is -2.42. The first kappa shape index (κ1) is 28.5. The van der Waals surface area contributed by atoms with E-state index in [4.69, 9.17) is 9.05 Å². The minimum Gasteiger partial charge on any atom is -0.438 e. The number of hydrogen-bond donors (Lipinski definition) is 2. The molecule has 45 heavy (non-hydrogen) atoms. The van der Waals surface area contributed by atoms with E-state index in [9.17, 15) is 0 Å². The predicted octanol–water partition coefficient (Wildman–Crippen LogP) is 9.79. The fraction of sp³-hybridized carbons (Fsp3) is 0.0270. The van der Waals surface area contributed by atoms with E-state index >= 15 is 9.13 Å². The van der Waals surface area contributed by atoms with Crippen molar-refractivity contribution in [1.82, 2.24) is 0 Å². The van der Waals surface area contributed by atoms with Crippen molar-refractivity contribution in [2.45, 2.75) is 14.7 Å². The summed E-state index contributed by atoms with van der Waals surface area (Å²) >= 11 is 9.16. The summed E-state index contributed by atoms with van der Waals surface area (Å²) in [5.41, 5.74) is 4.23. The Morgan fingerprint density at radius 3 is 1.16 bits per heavy atom. The monoisotopic (exact) mass is 660 g/mol. The van der Waals surface area contributed by atoms with Crippen LogP contribution in [0.5, 0.6) is 11.5 Å². The normalized spacial score (nSPS) is 19.6. The fourth-order valence-corrected chi connectivity index (χ4v) is 14.9. The number of hydrogen-bond acceptors (Lipinski definition) is 6. The van der Waals surface area contributed by atoms with Crippen molar-refractivity contribution < 1.29 is 18.2 Å². The van der Waals surface area contributed by atoms with Crippen molar-refractivity contribution in [2.75, 3.05) is 0 Å². The van der Waals surface area contributed by atoms with Crippen LogP contribution in [0.15, 0.2) is 155 Å². The van der Waals surface area contributed by atoms with Gasteiger partial charge in [-0.3, -0.25) is 9.13 Å². The predicted molar refractivity (Wildman–Crippen MR) is 188 cm³/mol. The van der Waals surface area contributed by atoms with Gasteiger partial charge in [0, 0.05) is 20.9 Å². The highest BCUT2D eigenvalue weighted by Crippen LogP contribution is 2.84. The first-order valence-corrected chi connectivity index (χ1v) is 18.6. The second-order valence-electron chi connectivity index (χ2n) is 11.1. The van der Waals surface area contributed by atoms with Gasteiger partial charge in [0.15, 0.2) is 0 Å². The van der Waals surface area contributed by atoms with Crippen LogP contribution in [0.4, 0.5) is 0 Å². The highest BCUT2D eigenvalue weighted by molar-refractivity contribution is 7.86. The molecule has 2 unspecified atom stereocenters. The Morgan fingerprint density at radius 2 is 0.756 bits per heavy atom. The number of benzene rings is 6. The summed E-state index contributed by atoms with van der Waals surface area (Å²) in [6.07, 6.45) is 0. The molecule has 2 aliphatic heterocycles. The molecular weight excluding hydrogens is 634 g/mol. The van der Waals surface area contributed by atoms with E-state index in [1.165, 1.54) is 0 Å². The van der Waals surface area contributed by atoms with Gasteiger partial charge in [-0.2, -0.15) is 0 Å². The van der Waals surface area contributed by atoms with E-state index in [-0.39, 0.29) is 0 Å². The lowest BCUT2D eigenvalue weighted by Gasteiger charge is -2.48. The molecule has 0 aromatic heterocycles. The summed E-state index contributed by atoms with van der Waals surface area (Å²) in [7, 11) is -8.58. The zero-order valence-corrected chi connectivity index (χ0v) is 27.4. The summed E-state index contributed by atoms with van der Waals surface area (Å²) in [6, 6.07) is 44.9. The zero-order chi connectivity index (χ0) is 30.8. The maximum atomic E-state index is 16.7. The zero-order valence-electron chi connectivity index (χ0n) is 23.8. The van der Waals surface area contributed by atoms with E-state index in [2.05, 4.69) is 25.3 Å². The number of para-hydroxylation sites is 2. The maximum Gasteiger partial charge on any atom is 0.303 e. The van der Waals surface area contributed by atoms with Crippen LogP contribution in [-0.2, 0) is 14.0 Å². The van der Waals surface area contributed by atoms with Crippen molar-refractivity contribution in [3.05, 3.63) is 157 Å². The van der Waals surface area contributed by atoms with Gasteiger partial charge in [-0.25, -0.2) is 0 Å². The molecule has 0 spiro atoms. The van der Waals surface area contributed by atoms with E-state index in [0.717, 1.165) is 22.3 Å². The van der Waals surface area contributed by atoms with Crippen molar-refractivity contribution in [3.63, 3.8) is 0 Å². The van der Waals surface area contributed by atoms with Crippen molar-refractivity contribution in [2.24, 2.45) is 0 Å². The first-order valence-electron chi connectivity index (χ1n) is 14.4. The minimum absolute atomic E-state index is 0.456. The number of fused-ring (bicyclic) bond motifs is 6. The molecule has 0 saturated carbocycles. The smallest absolute Gasteiger partial charge is 0.303 e. The van der Waals surface area contributed by atoms with Gasteiger partial charge in [0.1, 0.15) is 11.5 Å². The molecule has 2 heterocycles. The van der Waals surface area contributed by atoms with Crippen LogP contribution in [0, 0.1) is 0 Å². The molecule has 0 aliphatic carbocycles. The molecule has 0 N–H and O–H groups in total. The van der Waals surface area contributed by atoms with Crippen LogP contribution < -0.4 is 19.7 Å². The molecule has 2 atom stereocenters. The third kappa shape index (κ3) is 4.03. The van der Waals surface area contributed by atoms with Crippen LogP contribution in [0.1, 0.15) is 11.1 Å². The third-order valence-electron chi connectivity index (χ3n) is 8.64. The quantitative estimate of drug-likeness (QED) is 0.146. The molecule has 220 valence electrons. The molecule has 8 rings (SSSR count). The van der Waals surface area contributed by atoms with Gasteiger partial charge in [0.25, 0.3) is 0 Å². The SMILES string of the molecule is O=P1(C(c2ccc(S)cc2)(c2ccc(S)cc2)P2(=O)Oc3ccccc3-c3ccccc32)Oc2ccccc2-c2ccccc21. The second-order valence-corrected chi connectivity index (χ2v) is 17.3. The van der Waals surface area contributed by atoms with E-state index in [1.807, 2.05) is 146 Å². The fourth-order valence-electron chi connectivity index (χ4n) is 6.72. The lowest BCUT2D eigenvalue weighted by molar-refractivity contribution is 0.449. The average Bonchev–Trinajstić information content (AvgIpc) is 3.07. The van der Waals surface area contributed by atoms with Gasteiger partial charge < -0.3 is 9.05 Å². The first-order chi connectivity index (χ1) is 21.9. The standard InChI is InChI=1S/C37H26O4P2S2/c38-42(35-15-7-3-11-31(35)29-9-1-5-13-33(29)40-42)37(25-17-21-27(44)22-18-25,26-19-23-28(45)24-20-26)43(39)36-16-8-4-12-32(36)30-10-2-6-14-34(30)41-43/h1-24,44-45H. The average molecular weight is 661 g/mol. The van der Waals surface area contributed by atoms with Gasteiger partial charge in [0.05, 0.1) is 10.6 Å². The number of thiol groups is 2. The second kappa shape index (κ2) is 10.6. The minimum atomic E-state index is -4.29. The van der Waals surface area contributed by atoms with Crippen LogP contribution in [-0.4, -0.2) is 0 Å². The Labute approximate surface area is 272 Å². The van der Waals surface area contributed by atoms with Gasteiger partial charge in [-0.05, 0) is 70.8 Å². The molecule has 0 saturated heterocycles. The summed E-state index contributed by atoms with van der Waals surface area (Å²) in [6.45, 7) is 0. The van der Waals surface area contributed by atoms with E-state index in [1.54, 1.807) is 0 Å². The lowest BCUT2D eigenvalue weighted by atomic mass is 10.0. The van der Waals surface area contributed by atoms with Gasteiger partial charge >= 0.3 is 14.7 Å². The van der Waals surface area contributed by atoms with Gasteiger partial charge in [0.2, 0.25) is 4.90 Å². The van der Waals surface area contributed by atoms with E-state index in [0.29, 0.717) is 43.0 Å². The Balaban J connectivity index is 1.58. The topological polar surface area (TPSA) is 52.6 Å². The summed E-state index contributed by atoms with van der Waals surface area (Å²) < 4.78 is 47.2. The molecule has 6 aromatic carbocycles. The molecule has 6 aromatic rings. The summed E-state index contributed by atoms with van der Waals surface area (Å²) in [5.74, 6) is 0.913. The van der Waals surface area contributed by atoms with Crippen molar-refractivity contribution in [1.29, 1.82) is 0 Å². The molecule has 0 fully saturated rings. The third-order valence-corrected chi connectivity index (χ3v) is 16.5. The maximum absolute atomic E-state index is 16.7. The molecule has 8 heteroatoms. The van der Waals surface area contributed by atoms with Crippen molar-refractivity contribution >= 4 is 50.6 Å². The van der Waals surface area contributed by atoms with Crippen LogP contribution in [0.3, 0.4) is 0 Å². The van der Waals surface area contributed by atoms with Crippen LogP contribution >= 0.6 is 40.0 Å². The summed E-state index contributed by atoms with van der Waals surface area (Å²) in [5, 5.41) is 0.951. The molecule has 4 nitrogen and oxygen atoms in total. The summed E-state index contributed by atoms with van der Waals surface area (Å²) in [4.78, 5) is -0.419. The van der Waals surface area contributed by atoms with Crippen LogP contribution in [0.25, 0.3) is 22.3 Å².